The predicted octanol–water partition coefficient (Wildman–Crippen LogP) is 5.03. The van der Waals surface area contributed by atoms with Gasteiger partial charge in [-0.3, -0.25) is 9.36 Å². The van der Waals surface area contributed by atoms with Crippen molar-refractivity contribution >= 4 is 33.9 Å². The second-order valence-corrected chi connectivity index (χ2v) is 11.7. The number of hydrogen-bond acceptors (Lipinski definition) is 8. The summed E-state index contributed by atoms with van der Waals surface area (Å²) in [6, 6.07) is 20.2. The van der Waals surface area contributed by atoms with Crippen molar-refractivity contribution in [2.75, 3.05) is 49.2 Å². The maximum atomic E-state index is 15.2. The smallest absolute Gasteiger partial charge is 0.265 e. The summed E-state index contributed by atoms with van der Waals surface area (Å²) in [6.07, 6.45) is 3.72. The van der Waals surface area contributed by atoms with Crippen molar-refractivity contribution in [1.82, 2.24) is 19.4 Å². The number of nitrogens with zero attached hydrogens (tertiary/aromatic N) is 5. The van der Waals surface area contributed by atoms with Gasteiger partial charge in [-0.25, -0.2) is 9.37 Å². The summed E-state index contributed by atoms with van der Waals surface area (Å²) in [5.74, 6) is 0.395. The largest absolute Gasteiger partial charge is 0.392 e. The number of aliphatic hydroxyl groups excluding tert-OH is 1. The molecule has 0 radical (unpaired) electrons. The first-order valence-electron chi connectivity index (χ1n) is 14.9. The number of nitrogens with one attached hydrogen (secondary N) is 1. The van der Waals surface area contributed by atoms with Crippen LogP contribution in [0.2, 0.25) is 0 Å². The Bertz CT molecular complexity index is 1910. The summed E-state index contributed by atoms with van der Waals surface area (Å²) in [7, 11) is 2.14. The highest BCUT2D eigenvalue weighted by molar-refractivity contribution is 5.84. The molecule has 0 bridgehead atoms. The fraction of sp³-hybridized carbons (Fsp3) is 0.265. The Morgan fingerprint density at radius 3 is 2.50 bits per heavy atom. The van der Waals surface area contributed by atoms with Crippen molar-refractivity contribution in [2.24, 2.45) is 0 Å². The number of rotatable bonds is 7. The average molecular weight is 592 g/mol. The standard InChI is InChI=1S/C34H34FN7O2/c1-40-13-15-41(16-14-40)25-9-7-24(8-10-25)37-34-38-29(19-31(36)39-34)26-3-2-4-30(27(26)20-43)42-12-11-22-17-23(21-5-6-21)18-28(35)32(22)33(42)44/h2-4,7-12,17-19,21,43H,5-6,13-16,20H2,1H3,(H3,36,37,38,39). The van der Waals surface area contributed by atoms with Crippen LogP contribution in [0.4, 0.5) is 27.5 Å². The van der Waals surface area contributed by atoms with Crippen LogP contribution in [0.25, 0.3) is 27.7 Å². The molecular weight excluding hydrogens is 557 g/mol. The Morgan fingerprint density at radius 1 is 1.00 bits per heavy atom. The van der Waals surface area contributed by atoms with E-state index in [-0.39, 0.29) is 17.8 Å². The number of nitrogen functional groups attached to an aromatic ring is 1. The van der Waals surface area contributed by atoms with Gasteiger partial charge in [0, 0.05) is 60.9 Å². The minimum atomic E-state index is -0.527. The lowest BCUT2D eigenvalue weighted by Crippen LogP contribution is -2.44. The van der Waals surface area contributed by atoms with Gasteiger partial charge in [-0.2, -0.15) is 4.98 Å². The molecule has 3 aromatic carbocycles. The number of halogens is 1. The van der Waals surface area contributed by atoms with E-state index in [0.29, 0.717) is 39.8 Å². The third kappa shape index (κ3) is 5.38. The summed E-state index contributed by atoms with van der Waals surface area (Å²) >= 11 is 0. The molecule has 0 unspecified atom stereocenters. The van der Waals surface area contributed by atoms with Crippen LogP contribution in [-0.4, -0.2) is 57.8 Å². The van der Waals surface area contributed by atoms with Crippen LogP contribution in [0.5, 0.6) is 0 Å². The van der Waals surface area contributed by atoms with Gasteiger partial charge >= 0.3 is 0 Å². The zero-order valence-electron chi connectivity index (χ0n) is 24.5. The second kappa shape index (κ2) is 11.4. The topological polar surface area (TPSA) is 113 Å². The first-order valence-corrected chi connectivity index (χ1v) is 14.9. The quantitative estimate of drug-likeness (QED) is 0.242. The van der Waals surface area contributed by atoms with Gasteiger partial charge in [-0.15, -0.1) is 0 Å². The van der Waals surface area contributed by atoms with Crippen molar-refractivity contribution in [1.29, 1.82) is 0 Å². The second-order valence-electron chi connectivity index (χ2n) is 11.7. The Hall–Kier alpha value is -4.80. The van der Waals surface area contributed by atoms with Gasteiger partial charge in [-0.05, 0) is 79.2 Å². The van der Waals surface area contributed by atoms with Crippen LogP contribution in [0.1, 0.15) is 29.9 Å². The van der Waals surface area contributed by atoms with Crippen molar-refractivity contribution < 1.29 is 9.50 Å². The SMILES string of the molecule is CN1CCN(c2ccc(Nc3nc(N)cc(-c4cccc(-n5ccc6cc(C7CC7)cc(F)c6c5=O)c4CO)n3)cc2)CC1. The molecule has 0 atom stereocenters. The number of pyridine rings is 1. The number of hydrogen-bond donors (Lipinski definition) is 3. The molecule has 1 aliphatic heterocycles. The highest BCUT2D eigenvalue weighted by Crippen LogP contribution is 2.41. The fourth-order valence-corrected chi connectivity index (χ4v) is 6.01. The van der Waals surface area contributed by atoms with Gasteiger partial charge in [0.25, 0.3) is 5.56 Å². The molecule has 4 N–H and O–H groups in total. The fourth-order valence-electron chi connectivity index (χ4n) is 6.01. The number of fused-ring (bicyclic) bond motifs is 1. The van der Waals surface area contributed by atoms with Gasteiger partial charge in [0.1, 0.15) is 11.6 Å². The predicted molar refractivity (Wildman–Crippen MR) is 172 cm³/mol. The first kappa shape index (κ1) is 28.0. The van der Waals surface area contributed by atoms with Gasteiger partial charge in [0.2, 0.25) is 5.95 Å². The maximum absolute atomic E-state index is 15.2. The summed E-state index contributed by atoms with van der Waals surface area (Å²) in [5, 5.41) is 14.4. The van der Waals surface area contributed by atoms with E-state index in [0.717, 1.165) is 56.0 Å². The molecule has 0 amide bonds. The molecule has 2 aromatic heterocycles. The molecule has 10 heteroatoms. The minimum absolute atomic E-state index is 0.0302. The number of likely N-dealkylation sites (N-methyl/N-ethyl adjacent to an activating group) is 1. The number of anilines is 4. The molecule has 44 heavy (non-hydrogen) atoms. The Morgan fingerprint density at radius 2 is 1.77 bits per heavy atom. The van der Waals surface area contributed by atoms with E-state index in [9.17, 15) is 9.90 Å². The molecule has 1 saturated carbocycles. The van der Waals surface area contributed by atoms with Crippen LogP contribution in [-0.2, 0) is 6.61 Å². The number of aromatic nitrogens is 3. The van der Waals surface area contributed by atoms with Crippen LogP contribution < -0.4 is 21.5 Å². The van der Waals surface area contributed by atoms with E-state index < -0.39 is 11.4 Å². The zero-order chi connectivity index (χ0) is 30.4. The third-order valence-electron chi connectivity index (χ3n) is 8.61. The Kier molecular flexibility index (Phi) is 7.23. The van der Waals surface area contributed by atoms with E-state index >= 15 is 4.39 Å². The van der Waals surface area contributed by atoms with E-state index in [1.165, 1.54) is 10.6 Å². The van der Waals surface area contributed by atoms with E-state index in [1.807, 2.05) is 18.2 Å². The van der Waals surface area contributed by atoms with Crippen molar-refractivity contribution in [3.63, 3.8) is 0 Å². The van der Waals surface area contributed by atoms with Gasteiger partial charge < -0.3 is 26.0 Å². The third-order valence-corrected chi connectivity index (χ3v) is 8.61. The lowest BCUT2D eigenvalue weighted by atomic mass is 10.0. The van der Waals surface area contributed by atoms with Gasteiger partial charge in [0.05, 0.1) is 23.4 Å². The lowest BCUT2D eigenvalue weighted by molar-refractivity contribution is 0.282. The number of benzene rings is 3. The molecule has 1 aliphatic carbocycles. The Labute approximate surface area is 254 Å². The highest BCUT2D eigenvalue weighted by atomic mass is 19.1. The van der Waals surface area contributed by atoms with Crippen LogP contribution >= 0.6 is 0 Å². The number of piperazine rings is 1. The summed E-state index contributed by atoms with van der Waals surface area (Å²) in [4.78, 5) is 27.4. The zero-order valence-corrected chi connectivity index (χ0v) is 24.5. The van der Waals surface area contributed by atoms with E-state index in [1.54, 1.807) is 36.5 Å². The highest BCUT2D eigenvalue weighted by Gasteiger charge is 2.25. The molecule has 224 valence electrons. The molecule has 2 aliphatic rings. The van der Waals surface area contributed by atoms with Crippen LogP contribution in [0.15, 0.2) is 77.7 Å². The number of nitrogens with two attached hydrogens (primary N) is 1. The summed E-state index contributed by atoms with van der Waals surface area (Å²) < 4.78 is 16.6. The molecule has 1 saturated heterocycles. The van der Waals surface area contributed by atoms with E-state index in [4.69, 9.17) is 10.7 Å². The lowest BCUT2D eigenvalue weighted by Gasteiger charge is -2.34. The molecular formula is C34H34FN7O2. The normalized spacial score (nSPS) is 15.6. The summed E-state index contributed by atoms with van der Waals surface area (Å²) in [5.41, 5.74) is 10.6. The number of aliphatic hydroxyl groups is 1. The molecule has 5 aromatic rings. The van der Waals surface area contributed by atoms with Crippen molar-refractivity contribution in [2.45, 2.75) is 25.4 Å². The molecule has 0 spiro atoms. The molecule has 2 fully saturated rings. The first-order chi connectivity index (χ1) is 21.4. The molecule has 9 nitrogen and oxygen atoms in total. The van der Waals surface area contributed by atoms with Gasteiger partial charge in [-0.1, -0.05) is 18.2 Å². The monoisotopic (exact) mass is 591 g/mol. The van der Waals surface area contributed by atoms with Crippen LogP contribution in [0, 0.1) is 5.82 Å². The van der Waals surface area contributed by atoms with Crippen LogP contribution in [0.3, 0.4) is 0 Å². The maximum Gasteiger partial charge on any atom is 0.265 e. The van der Waals surface area contributed by atoms with Crippen molar-refractivity contribution in [3.8, 4) is 16.9 Å². The van der Waals surface area contributed by atoms with Gasteiger partial charge in [0.15, 0.2) is 0 Å². The van der Waals surface area contributed by atoms with E-state index in [2.05, 4.69) is 39.3 Å². The summed E-state index contributed by atoms with van der Waals surface area (Å²) in [6.45, 7) is 3.66. The molecule has 3 heterocycles. The molecule has 7 rings (SSSR count). The average Bonchev–Trinajstić information content (AvgIpc) is 3.87. The minimum Gasteiger partial charge on any atom is -0.392 e. The Balaban J connectivity index is 1.21. The van der Waals surface area contributed by atoms with Crippen molar-refractivity contribution in [3.05, 3.63) is 100 Å².